The Hall–Kier alpha value is -3.06. The van der Waals surface area contributed by atoms with E-state index < -0.39 is 0 Å². The van der Waals surface area contributed by atoms with Crippen molar-refractivity contribution < 1.29 is 18.8 Å². The number of carbonyl (C=O) groups is 1. The molecule has 0 saturated carbocycles. The molecule has 1 N–H and O–H groups in total. The molecule has 3 rings (SSSR count). The topological polar surface area (TPSA) is 86.5 Å². The number of hydrogen-bond donors (Lipinski definition) is 1. The maximum Gasteiger partial charge on any atom is 0.251 e. The first-order chi connectivity index (χ1) is 13.1. The molecule has 0 saturated heterocycles. The molecule has 8 heteroatoms. The Morgan fingerprint density at radius 2 is 2.04 bits per heavy atom. The third-order valence-electron chi connectivity index (χ3n) is 3.68. The summed E-state index contributed by atoms with van der Waals surface area (Å²) in [5.41, 5.74) is 1.17. The first-order valence-corrected chi connectivity index (χ1v) is 8.66. The van der Waals surface area contributed by atoms with Gasteiger partial charge in [-0.05, 0) is 19.1 Å². The molecule has 1 heterocycles. The van der Waals surface area contributed by atoms with E-state index >= 15 is 0 Å². The SMILES string of the molecule is CCOc1c(Cl)cc(C(=O)NCc2nc(-c3ccccc3)no2)cc1OC. The molecule has 27 heavy (non-hydrogen) atoms. The van der Waals surface area contributed by atoms with Crippen molar-refractivity contribution in [1.82, 2.24) is 15.5 Å². The van der Waals surface area contributed by atoms with Gasteiger partial charge in [0.05, 0.1) is 25.3 Å². The van der Waals surface area contributed by atoms with E-state index in [0.29, 0.717) is 40.4 Å². The van der Waals surface area contributed by atoms with Crippen LogP contribution in [0.4, 0.5) is 0 Å². The summed E-state index contributed by atoms with van der Waals surface area (Å²) in [4.78, 5) is 16.7. The smallest absolute Gasteiger partial charge is 0.251 e. The lowest BCUT2D eigenvalue weighted by atomic mass is 10.2. The third kappa shape index (κ3) is 4.38. The van der Waals surface area contributed by atoms with Gasteiger partial charge in [-0.3, -0.25) is 4.79 Å². The van der Waals surface area contributed by atoms with Crippen LogP contribution in [0.1, 0.15) is 23.2 Å². The number of rotatable bonds is 7. The quantitative estimate of drug-likeness (QED) is 0.664. The van der Waals surface area contributed by atoms with Gasteiger partial charge in [0.2, 0.25) is 11.7 Å². The number of halogens is 1. The molecule has 140 valence electrons. The molecule has 0 unspecified atom stereocenters. The fourth-order valence-corrected chi connectivity index (χ4v) is 2.69. The minimum Gasteiger partial charge on any atom is -0.493 e. The second kappa shape index (κ2) is 8.55. The molecule has 0 radical (unpaired) electrons. The lowest BCUT2D eigenvalue weighted by Crippen LogP contribution is -2.23. The maximum absolute atomic E-state index is 12.4. The molecule has 0 spiro atoms. The van der Waals surface area contributed by atoms with E-state index in [1.54, 1.807) is 6.07 Å². The van der Waals surface area contributed by atoms with Gasteiger partial charge in [-0.25, -0.2) is 0 Å². The minimum absolute atomic E-state index is 0.0891. The summed E-state index contributed by atoms with van der Waals surface area (Å²) < 4.78 is 15.9. The molecule has 3 aromatic rings. The van der Waals surface area contributed by atoms with Crippen molar-refractivity contribution in [3.05, 3.63) is 58.9 Å². The summed E-state index contributed by atoms with van der Waals surface area (Å²) in [6.45, 7) is 2.36. The largest absolute Gasteiger partial charge is 0.493 e. The van der Waals surface area contributed by atoms with Crippen molar-refractivity contribution >= 4 is 17.5 Å². The molecule has 0 atom stereocenters. The highest BCUT2D eigenvalue weighted by Crippen LogP contribution is 2.36. The number of nitrogens with one attached hydrogen (secondary N) is 1. The normalized spacial score (nSPS) is 10.5. The van der Waals surface area contributed by atoms with Crippen LogP contribution in [-0.2, 0) is 6.54 Å². The zero-order chi connectivity index (χ0) is 19.2. The van der Waals surface area contributed by atoms with E-state index in [0.717, 1.165) is 5.56 Å². The molecule has 1 amide bonds. The lowest BCUT2D eigenvalue weighted by molar-refractivity contribution is 0.0946. The molecule has 2 aromatic carbocycles. The number of amides is 1. The van der Waals surface area contributed by atoms with Crippen LogP contribution in [0, 0.1) is 0 Å². The number of methoxy groups -OCH3 is 1. The van der Waals surface area contributed by atoms with Gasteiger partial charge < -0.3 is 19.3 Å². The average Bonchev–Trinajstić information content (AvgIpc) is 3.17. The summed E-state index contributed by atoms with van der Waals surface area (Å²) in [6, 6.07) is 12.5. The Morgan fingerprint density at radius 1 is 1.26 bits per heavy atom. The Bertz CT molecular complexity index is 928. The number of ether oxygens (including phenoxy) is 2. The number of hydrogen-bond acceptors (Lipinski definition) is 6. The predicted octanol–water partition coefficient (Wildman–Crippen LogP) is 3.73. The van der Waals surface area contributed by atoms with Crippen molar-refractivity contribution in [1.29, 1.82) is 0 Å². The summed E-state index contributed by atoms with van der Waals surface area (Å²) in [5, 5.41) is 6.93. The van der Waals surface area contributed by atoms with Crippen molar-refractivity contribution in [2.24, 2.45) is 0 Å². The highest BCUT2D eigenvalue weighted by Gasteiger charge is 2.16. The standard InChI is InChI=1S/C19H18ClN3O4/c1-3-26-17-14(20)9-13(10-15(17)25-2)19(24)21-11-16-22-18(23-27-16)12-7-5-4-6-8-12/h4-10H,3,11H2,1-2H3,(H,21,24). The summed E-state index contributed by atoms with van der Waals surface area (Å²) >= 11 is 6.20. The molecule has 7 nitrogen and oxygen atoms in total. The van der Waals surface area contributed by atoms with Crippen LogP contribution in [-0.4, -0.2) is 29.8 Å². The number of aromatic nitrogens is 2. The van der Waals surface area contributed by atoms with E-state index in [4.69, 9.17) is 25.6 Å². The Balaban J connectivity index is 1.69. The molecular weight excluding hydrogens is 370 g/mol. The number of benzene rings is 2. The Kier molecular flexibility index (Phi) is 5.93. The second-order valence-electron chi connectivity index (χ2n) is 5.48. The lowest BCUT2D eigenvalue weighted by Gasteiger charge is -2.12. The molecule has 0 fully saturated rings. The van der Waals surface area contributed by atoms with E-state index in [1.807, 2.05) is 37.3 Å². The number of carbonyl (C=O) groups excluding carboxylic acids is 1. The second-order valence-corrected chi connectivity index (χ2v) is 5.89. The first kappa shape index (κ1) is 18.7. The molecule has 1 aromatic heterocycles. The zero-order valence-corrected chi connectivity index (χ0v) is 15.6. The van der Waals surface area contributed by atoms with Crippen molar-refractivity contribution in [2.75, 3.05) is 13.7 Å². The Labute approximate surface area is 161 Å². The van der Waals surface area contributed by atoms with Crippen molar-refractivity contribution in [2.45, 2.75) is 13.5 Å². The zero-order valence-electron chi connectivity index (χ0n) is 14.9. The number of nitrogens with zero attached hydrogens (tertiary/aromatic N) is 2. The van der Waals surface area contributed by atoms with E-state index in [9.17, 15) is 4.79 Å². The highest BCUT2D eigenvalue weighted by molar-refractivity contribution is 6.32. The monoisotopic (exact) mass is 387 g/mol. The van der Waals surface area contributed by atoms with Crippen LogP contribution in [0.25, 0.3) is 11.4 Å². The van der Waals surface area contributed by atoms with Gasteiger partial charge in [0.25, 0.3) is 5.91 Å². The highest BCUT2D eigenvalue weighted by atomic mass is 35.5. The summed E-state index contributed by atoms with van der Waals surface area (Å²) in [7, 11) is 1.49. The molecular formula is C19H18ClN3O4. The third-order valence-corrected chi connectivity index (χ3v) is 3.96. The van der Waals surface area contributed by atoms with Crippen molar-refractivity contribution in [3.8, 4) is 22.9 Å². The minimum atomic E-state index is -0.349. The maximum atomic E-state index is 12.4. The van der Waals surface area contributed by atoms with Gasteiger partial charge in [-0.2, -0.15) is 4.98 Å². The van der Waals surface area contributed by atoms with Crippen molar-refractivity contribution in [3.63, 3.8) is 0 Å². The predicted molar refractivity (Wildman–Crippen MR) is 100 cm³/mol. The van der Waals surface area contributed by atoms with Gasteiger partial charge in [0, 0.05) is 11.1 Å². The van der Waals surface area contributed by atoms with Crippen LogP contribution >= 0.6 is 11.6 Å². The van der Waals surface area contributed by atoms with Crippen LogP contribution in [0.5, 0.6) is 11.5 Å². The van der Waals surface area contributed by atoms with E-state index in [-0.39, 0.29) is 12.5 Å². The van der Waals surface area contributed by atoms with Gasteiger partial charge in [-0.1, -0.05) is 47.1 Å². The van der Waals surface area contributed by atoms with Gasteiger partial charge >= 0.3 is 0 Å². The van der Waals surface area contributed by atoms with Crippen LogP contribution < -0.4 is 14.8 Å². The van der Waals surface area contributed by atoms with Crippen LogP contribution in [0.3, 0.4) is 0 Å². The van der Waals surface area contributed by atoms with Crippen LogP contribution in [0.15, 0.2) is 47.0 Å². The van der Waals surface area contributed by atoms with Crippen LogP contribution in [0.2, 0.25) is 5.02 Å². The first-order valence-electron chi connectivity index (χ1n) is 8.29. The molecule has 0 bridgehead atoms. The van der Waals surface area contributed by atoms with Gasteiger partial charge in [0.1, 0.15) is 0 Å². The van der Waals surface area contributed by atoms with E-state index in [1.165, 1.54) is 13.2 Å². The fourth-order valence-electron chi connectivity index (χ4n) is 2.42. The summed E-state index contributed by atoms with van der Waals surface area (Å²) in [5.74, 6) is 1.20. The van der Waals surface area contributed by atoms with Gasteiger partial charge in [-0.15, -0.1) is 0 Å². The van der Waals surface area contributed by atoms with E-state index in [2.05, 4.69) is 15.5 Å². The molecule has 0 aliphatic carbocycles. The molecule has 0 aliphatic rings. The van der Waals surface area contributed by atoms with Gasteiger partial charge in [0.15, 0.2) is 11.5 Å². The molecule has 0 aliphatic heterocycles. The Morgan fingerprint density at radius 3 is 2.74 bits per heavy atom. The average molecular weight is 388 g/mol. The summed E-state index contributed by atoms with van der Waals surface area (Å²) in [6.07, 6.45) is 0. The fraction of sp³-hybridized carbons (Fsp3) is 0.211.